The van der Waals surface area contributed by atoms with Crippen molar-refractivity contribution in [1.82, 2.24) is 9.55 Å². The third-order valence-electron chi connectivity index (χ3n) is 2.90. The van der Waals surface area contributed by atoms with Gasteiger partial charge in [0.1, 0.15) is 0 Å². The number of thioether (sulfide) groups is 2. The molecular formula is C13H18N2O3S2. The second kappa shape index (κ2) is 6.67. The molecule has 0 radical (unpaired) electrons. The normalized spacial score (nSPS) is 17.1. The van der Waals surface area contributed by atoms with E-state index in [0.29, 0.717) is 23.6 Å². The molecule has 0 saturated heterocycles. The van der Waals surface area contributed by atoms with Crippen molar-refractivity contribution in [2.75, 3.05) is 12.4 Å². The number of nitrogens with zero attached hydrogens (tertiary/aromatic N) is 2. The summed E-state index contributed by atoms with van der Waals surface area (Å²) in [4.78, 5) is 29.2. The van der Waals surface area contributed by atoms with E-state index in [9.17, 15) is 9.59 Å². The lowest BCUT2D eigenvalue weighted by molar-refractivity contribution is -0.139. The van der Waals surface area contributed by atoms with Crippen molar-refractivity contribution in [2.45, 2.75) is 49.0 Å². The van der Waals surface area contributed by atoms with Crippen LogP contribution < -0.4 is 5.56 Å². The largest absolute Gasteiger partial charge is 0.465 e. The van der Waals surface area contributed by atoms with Gasteiger partial charge in [0.2, 0.25) is 0 Å². The molecular weight excluding hydrogens is 296 g/mol. The summed E-state index contributed by atoms with van der Waals surface area (Å²) in [7, 11) is 0. The summed E-state index contributed by atoms with van der Waals surface area (Å²) in [6, 6.07) is 0. The zero-order valence-corrected chi connectivity index (χ0v) is 13.5. The predicted octanol–water partition coefficient (Wildman–Crippen LogP) is 1.96. The first-order chi connectivity index (χ1) is 9.56. The van der Waals surface area contributed by atoms with Crippen LogP contribution in [0.4, 0.5) is 0 Å². The summed E-state index contributed by atoms with van der Waals surface area (Å²) in [5, 5.41) is 1.000. The highest BCUT2D eigenvalue weighted by atomic mass is 32.2. The van der Waals surface area contributed by atoms with Gasteiger partial charge in [-0.05, 0) is 13.8 Å². The summed E-state index contributed by atoms with van der Waals surface area (Å²) in [6.45, 7) is 6.70. The number of esters is 1. The molecule has 0 N–H and O–H groups in total. The lowest BCUT2D eigenvalue weighted by Crippen LogP contribution is -2.25. The van der Waals surface area contributed by atoms with Crippen LogP contribution >= 0.6 is 23.5 Å². The minimum atomic E-state index is -0.280. The molecule has 2 rings (SSSR count). The maximum Gasteiger partial charge on any atom is 0.316 e. The standard InChI is InChI=1S/C13H18N2O3S2/c1-4-15-12(17)11-9(6-8(3)20-11)14-13(15)19-7-10(16)18-5-2/h8H,4-7H2,1-3H3/t8-/m1/s1. The van der Waals surface area contributed by atoms with Crippen LogP contribution in [0, 0.1) is 0 Å². The molecule has 1 aliphatic heterocycles. The number of rotatable bonds is 5. The molecule has 7 heteroatoms. The van der Waals surface area contributed by atoms with Crippen molar-refractivity contribution in [2.24, 2.45) is 0 Å². The molecule has 1 aromatic rings. The van der Waals surface area contributed by atoms with Crippen LogP contribution in [0.3, 0.4) is 0 Å². The van der Waals surface area contributed by atoms with Gasteiger partial charge >= 0.3 is 5.97 Å². The third kappa shape index (κ3) is 3.20. The van der Waals surface area contributed by atoms with Gasteiger partial charge in [-0.15, -0.1) is 11.8 Å². The van der Waals surface area contributed by atoms with Gasteiger partial charge in [-0.2, -0.15) is 0 Å². The van der Waals surface area contributed by atoms with E-state index in [1.807, 2.05) is 6.92 Å². The Labute approximate surface area is 126 Å². The van der Waals surface area contributed by atoms with Crippen molar-refractivity contribution in [3.05, 3.63) is 16.0 Å². The Hall–Kier alpha value is -0.950. The fraction of sp³-hybridized carbons (Fsp3) is 0.615. The first-order valence-corrected chi connectivity index (χ1v) is 8.52. The minimum absolute atomic E-state index is 0.0122. The molecule has 5 nitrogen and oxygen atoms in total. The Morgan fingerprint density at radius 3 is 2.95 bits per heavy atom. The highest BCUT2D eigenvalue weighted by Crippen LogP contribution is 2.34. The highest BCUT2D eigenvalue weighted by molar-refractivity contribution is 8.00. The predicted molar refractivity (Wildman–Crippen MR) is 80.6 cm³/mol. The molecule has 0 aromatic carbocycles. The van der Waals surface area contributed by atoms with Gasteiger partial charge < -0.3 is 4.74 Å². The molecule has 2 heterocycles. The molecule has 1 aromatic heterocycles. The third-order valence-corrected chi connectivity index (χ3v) is 5.07. The Bertz CT molecular complexity index is 571. The zero-order valence-electron chi connectivity index (χ0n) is 11.8. The van der Waals surface area contributed by atoms with Crippen LogP contribution in [-0.2, 0) is 22.5 Å². The van der Waals surface area contributed by atoms with Crippen LogP contribution in [0.1, 0.15) is 26.5 Å². The summed E-state index contributed by atoms with van der Waals surface area (Å²) in [5.74, 6) is -0.0977. The summed E-state index contributed by atoms with van der Waals surface area (Å²) >= 11 is 2.86. The Balaban J connectivity index is 2.25. The molecule has 0 aliphatic carbocycles. The molecule has 0 unspecified atom stereocenters. The highest BCUT2D eigenvalue weighted by Gasteiger charge is 2.26. The molecule has 110 valence electrons. The SMILES string of the molecule is CCOC(=O)CSc1nc2c(c(=O)n1CC)S[C@H](C)C2. The van der Waals surface area contributed by atoms with Crippen LogP contribution in [0.25, 0.3) is 0 Å². The van der Waals surface area contributed by atoms with Crippen LogP contribution in [0.15, 0.2) is 14.8 Å². The lowest BCUT2D eigenvalue weighted by atomic mass is 10.2. The number of hydrogen-bond donors (Lipinski definition) is 0. The number of carbonyl (C=O) groups is 1. The van der Waals surface area contributed by atoms with Crippen LogP contribution in [0.5, 0.6) is 0 Å². The topological polar surface area (TPSA) is 61.2 Å². The van der Waals surface area contributed by atoms with Gasteiger partial charge in [0.05, 0.1) is 22.9 Å². The van der Waals surface area contributed by atoms with E-state index in [1.165, 1.54) is 11.8 Å². The first-order valence-electron chi connectivity index (χ1n) is 6.65. The summed E-state index contributed by atoms with van der Waals surface area (Å²) < 4.78 is 6.53. The van der Waals surface area contributed by atoms with E-state index >= 15 is 0 Å². The van der Waals surface area contributed by atoms with Crippen LogP contribution in [0.2, 0.25) is 0 Å². The lowest BCUT2D eigenvalue weighted by Gasteiger charge is -2.11. The maximum absolute atomic E-state index is 12.4. The van der Waals surface area contributed by atoms with Gasteiger partial charge in [-0.25, -0.2) is 4.98 Å². The minimum Gasteiger partial charge on any atom is -0.465 e. The van der Waals surface area contributed by atoms with E-state index in [1.54, 1.807) is 23.3 Å². The van der Waals surface area contributed by atoms with E-state index in [-0.39, 0.29) is 17.3 Å². The molecule has 0 fully saturated rings. The Morgan fingerprint density at radius 2 is 2.30 bits per heavy atom. The number of fused-ring (bicyclic) bond motifs is 1. The Kier molecular flexibility index (Phi) is 5.15. The summed E-state index contributed by atoms with van der Waals surface area (Å²) in [6.07, 6.45) is 0.812. The molecule has 20 heavy (non-hydrogen) atoms. The van der Waals surface area contributed by atoms with E-state index in [0.717, 1.165) is 17.0 Å². The molecule has 0 saturated carbocycles. The van der Waals surface area contributed by atoms with E-state index < -0.39 is 0 Å². The van der Waals surface area contributed by atoms with E-state index in [2.05, 4.69) is 11.9 Å². The number of hydrogen-bond acceptors (Lipinski definition) is 6. The summed E-state index contributed by atoms with van der Waals surface area (Å²) in [5.41, 5.74) is 0.877. The second-order valence-electron chi connectivity index (χ2n) is 4.45. The van der Waals surface area contributed by atoms with Crippen molar-refractivity contribution in [3.63, 3.8) is 0 Å². The second-order valence-corrected chi connectivity index (χ2v) is 6.84. The average molecular weight is 314 g/mol. The first kappa shape index (κ1) is 15.4. The quantitative estimate of drug-likeness (QED) is 0.470. The van der Waals surface area contributed by atoms with Crippen molar-refractivity contribution >= 4 is 29.5 Å². The Morgan fingerprint density at radius 1 is 1.55 bits per heavy atom. The number of carbonyl (C=O) groups excluding carboxylic acids is 1. The zero-order chi connectivity index (χ0) is 14.7. The fourth-order valence-electron chi connectivity index (χ4n) is 2.05. The smallest absolute Gasteiger partial charge is 0.316 e. The van der Waals surface area contributed by atoms with E-state index in [4.69, 9.17) is 4.74 Å². The van der Waals surface area contributed by atoms with Gasteiger partial charge in [0.25, 0.3) is 5.56 Å². The van der Waals surface area contributed by atoms with Gasteiger partial charge in [0.15, 0.2) is 5.16 Å². The molecule has 1 atom stereocenters. The number of ether oxygens (including phenoxy) is 1. The van der Waals surface area contributed by atoms with Gasteiger partial charge in [0, 0.05) is 18.2 Å². The van der Waals surface area contributed by atoms with Crippen LogP contribution in [-0.4, -0.2) is 33.1 Å². The fourth-order valence-corrected chi connectivity index (χ4v) is 4.04. The molecule has 1 aliphatic rings. The number of aromatic nitrogens is 2. The maximum atomic E-state index is 12.4. The average Bonchev–Trinajstić information content (AvgIpc) is 2.78. The van der Waals surface area contributed by atoms with Gasteiger partial charge in [-0.1, -0.05) is 18.7 Å². The van der Waals surface area contributed by atoms with Gasteiger partial charge in [-0.3, -0.25) is 14.2 Å². The van der Waals surface area contributed by atoms with Crippen molar-refractivity contribution < 1.29 is 9.53 Å². The molecule has 0 amide bonds. The van der Waals surface area contributed by atoms with Crippen molar-refractivity contribution in [1.29, 1.82) is 0 Å². The monoisotopic (exact) mass is 314 g/mol. The van der Waals surface area contributed by atoms with Crippen molar-refractivity contribution in [3.8, 4) is 0 Å². The molecule has 0 spiro atoms. The molecule has 0 bridgehead atoms.